The Bertz CT molecular complexity index is 326. The molecule has 0 atom stereocenters. The van der Waals surface area contributed by atoms with Crippen molar-refractivity contribution in [1.29, 1.82) is 0 Å². The first-order chi connectivity index (χ1) is 6.90. The molecule has 0 saturated carbocycles. The van der Waals surface area contributed by atoms with Gasteiger partial charge in [-0.25, -0.2) is 9.97 Å². The summed E-state index contributed by atoms with van der Waals surface area (Å²) >= 11 is 0. The number of nitrogens with two attached hydrogens (primary N) is 1. The van der Waals surface area contributed by atoms with E-state index in [2.05, 4.69) is 30.7 Å². The fourth-order valence-electron chi connectivity index (χ4n) is 1.53. The van der Waals surface area contributed by atoms with Gasteiger partial charge in [0.05, 0.1) is 0 Å². The second-order valence-electron chi connectivity index (χ2n) is 5.19. The molecule has 0 fully saturated rings. The smallest absolute Gasteiger partial charge is 0.129 e. The van der Waals surface area contributed by atoms with Gasteiger partial charge in [-0.05, 0) is 24.9 Å². The van der Waals surface area contributed by atoms with Crippen LogP contribution in [0.15, 0.2) is 6.07 Å². The molecule has 0 spiro atoms. The van der Waals surface area contributed by atoms with Crippen LogP contribution >= 0.6 is 0 Å². The van der Waals surface area contributed by atoms with Gasteiger partial charge in [0, 0.05) is 24.2 Å². The average molecular weight is 207 g/mol. The summed E-state index contributed by atoms with van der Waals surface area (Å²) in [6, 6.07) is 2.01. The van der Waals surface area contributed by atoms with Crippen molar-refractivity contribution in [2.75, 3.05) is 6.54 Å². The minimum Gasteiger partial charge on any atom is -0.330 e. The Morgan fingerprint density at radius 1 is 1.27 bits per heavy atom. The standard InChI is InChI=1S/C12H21N3/c1-9-7-10(5-6-13)15-11(14-9)8-12(2,3)4/h7H,5-6,8,13H2,1-4H3. The molecule has 1 rings (SSSR count). The Morgan fingerprint density at radius 2 is 1.93 bits per heavy atom. The van der Waals surface area contributed by atoms with Crippen molar-refractivity contribution in [2.24, 2.45) is 11.1 Å². The maximum atomic E-state index is 5.53. The summed E-state index contributed by atoms with van der Waals surface area (Å²) in [5.41, 5.74) is 7.85. The highest BCUT2D eigenvalue weighted by atomic mass is 14.9. The van der Waals surface area contributed by atoms with E-state index in [0.717, 1.165) is 30.1 Å². The van der Waals surface area contributed by atoms with Gasteiger partial charge in [0.25, 0.3) is 0 Å². The van der Waals surface area contributed by atoms with E-state index >= 15 is 0 Å². The Balaban J connectivity index is 2.88. The highest BCUT2D eigenvalue weighted by Crippen LogP contribution is 2.18. The zero-order chi connectivity index (χ0) is 11.5. The Hall–Kier alpha value is -0.960. The van der Waals surface area contributed by atoms with Crippen LogP contribution in [0.3, 0.4) is 0 Å². The van der Waals surface area contributed by atoms with Crippen LogP contribution in [-0.4, -0.2) is 16.5 Å². The van der Waals surface area contributed by atoms with Gasteiger partial charge < -0.3 is 5.73 Å². The largest absolute Gasteiger partial charge is 0.330 e. The van der Waals surface area contributed by atoms with Gasteiger partial charge in [0.15, 0.2) is 0 Å². The molecule has 1 aromatic heterocycles. The van der Waals surface area contributed by atoms with Crippen molar-refractivity contribution in [2.45, 2.75) is 40.5 Å². The van der Waals surface area contributed by atoms with E-state index < -0.39 is 0 Å². The number of aromatic nitrogens is 2. The SMILES string of the molecule is Cc1cc(CCN)nc(CC(C)(C)C)n1. The summed E-state index contributed by atoms with van der Waals surface area (Å²) in [7, 11) is 0. The van der Waals surface area contributed by atoms with Crippen LogP contribution in [0.4, 0.5) is 0 Å². The number of nitrogens with zero attached hydrogens (tertiary/aromatic N) is 2. The van der Waals surface area contributed by atoms with E-state index in [-0.39, 0.29) is 5.41 Å². The molecule has 0 amide bonds. The lowest BCUT2D eigenvalue weighted by Crippen LogP contribution is -2.14. The topological polar surface area (TPSA) is 51.8 Å². The van der Waals surface area contributed by atoms with Crippen LogP contribution in [-0.2, 0) is 12.8 Å². The molecule has 15 heavy (non-hydrogen) atoms. The van der Waals surface area contributed by atoms with Crippen molar-refractivity contribution in [3.8, 4) is 0 Å². The quantitative estimate of drug-likeness (QED) is 0.823. The molecule has 0 aliphatic heterocycles. The first kappa shape index (κ1) is 12.1. The minimum absolute atomic E-state index is 0.230. The van der Waals surface area contributed by atoms with Crippen LogP contribution in [0.5, 0.6) is 0 Å². The molecule has 84 valence electrons. The van der Waals surface area contributed by atoms with Gasteiger partial charge in [0.2, 0.25) is 0 Å². The molecular formula is C12H21N3. The Morgan fingerprint density at radius 3 is 2.47 bits per heavy atom. The summed E-state index contributed by atoms with van der Waals surface area (Å²) in [6.45, 7) is 9.24. The molecule has 0 aliphatic rings. The average Bonchev–Trinajstić information content (AvgIpc) is 1.99. The third-order valence-electron chi connectivity index (χ3n) is 2.04. The number of hydrogen-bond acceptors (Lipinski definition) is 3. The van der Waals surface area contributed by atoms with E-state index in [4.69, 9.17) is 5.73 Å². The van der Waals surface area contributed by atoms with Crippen LogP contribution in [0.2, 0.25) is 0 Å². The summed E-state index contributed by atoms with van der Waals surface area (Å²) in [5, 5.41) is 0. The van der Waals surface area contributed by atoms with Crippen LogP contribution < -0.4 is 5.73 Å². The van der Waals surface area contributed by atoms with Gasteiger partial charge >= 0.3 is 0 Å². The summed E-state index contributed by atoms with van der Waals surface area (Å²) in [4.78, 5) is 8.97. The molecular weight excluding hydrogens is 186 g/mol. The lowest BCUT2D eigenvalue weighted by molar-refractivity contribution is 0.399. The zero-order valence-corrected chi connectivity index (χ0v) is 10.2. The first-order valence-corrected chi connectivity index (χ1v) is 5.44. The minimum atomic E-state index is 0.230. The summed E-state index contributed by atoms with van der Waals surface area (Å²) in [6.07, 6.45) is 1.74. The zero-order valence-electron chi connectivity index (χ0n) is 10.2. The van der Waals surface area contributed by atoms with Gasteiger partial charge in [-0.2, -0.15) is 0 Å². The van der Waals surface area contributed by atoms with Crippen LogP contribution in [0.25, 0.3) is 0 Å². The van der Waals surface area contributed by atoms with E-state index in [1.54, 1.807) is 0 Å². The predicted molar refractivity (Wildman–Crippen MR) is 62.7 cm³/mol. The molecule has 3 heteroatoms. The number of aryl methyl sites for hydroxylation is 1. The fraction of sp³-hybridized carbons (Fsp3) is 0.667. The molecule has 0 radical (unpaired) electrons. The number of rotatable bonds is 3. The van der Waals surface area contributed by atoms with Crippen molar-refractivity contribution in [3.05, 3.63) is 23.3 Å². The molecule has 2 N–H and O–H groups in total. The molecule has 1 heterocycles. The Labute approximate surface area is 92.1 Å². The lowest BCUT2D eigenvalue weighted by atomic mass is 9.92. The summed E-state index contributed by atoms with van der Waals surface area (Å²) < 4.78 is 0. The molecule has 0 aliphatic carbocycles. The van der Waals surface area contributed by atoms with Crippen molar-refractivity contribution < 1.29 is 0 Å². The maximum Gasteiger partial charge on any atom is 0.129 e. The predicted octanol–water partition coefficient (Wildman–Crippen LogP) is 1.87. The third-order valence-corrected chi connectivity index (χ3v) is 2.04. The van der Waals surface area contributed by atoms with Crippen LogP contribution in [0.1, 0.15) is 38.0 Å². The van der Waals surface area contributed by atoms with Gasteiger partial charge in [-0.15, -0.1) is 0 Å². The Kier molecular flexibility index (Phi) is 3.80. The van der Waals surface area contributed by atoms with E-state index in [1.807, 2.05) is 13.0 Å². The molecule has 0 aromatic carbocycles. The monoisotopic (exact) mass is 207 g/mol. The van der Waals surface area contributed by atoms with Crippen molar-refractivity contribution in [1.82, 2.24) is 9.97 Å². The van der Waals surface area contributed by atoms with Crippen molar-refractivity contribution in [3.63, 3.8) is 0 Å². The number of hydrogen-bond donors (Lipinski definition) is 1. The first-order valence-electron chi connectivity index (χ1n) is 5.44. The molecule has 3 nitrogen and oxygen atoms in total. The second-order valence-corrected chi connectivity index (χ2v) is 5.19. The summed E-state index contributed by atoms with van der Waals surface area (Å²) in [5.74, 6) is 0.936. The van der Waals surface area contributed by atoms with Gasteiger partial charge in [-0.1, -0.05) is 20.8 Å². The highest BCUT2D eigenvalue weighted by molar-refractivity contribution is 5.11. The normalized spacial score (nSPS) is 11.8. The second kappa shape index (κ2) is 4.71. The van der Waals surface area contributed by atoms with Crippen LogP contribution in [0, 0.1) is 12.3 Å². The highest BCUT2D eigenvalue weighted by Gasteiger charge is 2.14. The molecule has 0 saturated heterocycles. The van der Waals surface area contributed by atoms with Gasteiger partial charge in [-0.3, -0.25) is 0 Å². The van der Waals surface area contributed by atoms with Crippen molar-refractivity contribution >= 4 is 0 Å². The molecule has 1 aromatic rings. The van der Waals surface area contributed by atoms with E-state index in [9.17, 15) is 0 Å². The van der Waals surface area contributed by atoms with Gasteiger partial charge in [0.1, 0.15) is 5.82 Å². The molecule has 0 unspecified atom stereocenters. The molecule has 0 bridgehead atoms. The lowest BCUT2D eigenvalue weighted by Gasteiger charge is -2.17. The fourth-order valence-corrected chi connectivity index (χ4v) is 1.53. The van der Waals surface area contributed by atoms with E-state index in [1.165, 1.54) is 0 Å². The maximum absolute atomic E-state index is 5.53. The third kappa shape index (κ3) is 4.38. The van der Waals surface area contributed by atoms with E-state index in [0.29, 0.717) is 6.54 Å².